The molecular weight excluding hydrogens is 320 g/mol. The molecule has 126 valence electrons. The molecule has 0 radical (unpaired) electrons. The summed E-state index contributed by atoms with van der Waals surface area (Å²) in [7, 11) is 1.34. The van der Waals surface area contributed by atoms with Gasteiger partial charge in [-0.15, -0.1) is 0 Å². The van der Waals surface area contributed by atoms with E-state index in [4.69, 9.17) is 14.2 Å². The number of carbonyl (C=O) groups excluding carboxylic acids is 2. The van der Waals surface area contributed by atoms with Gasteiger partial charge in [-0.3, -0.25) is 4.79 Å². The SMILES string of the molecule is COC(=O)CC[C@@H]1O[C@H](c2ccccc2)OC[C@H]1OC(=O)SC. The summed E-state index contributed by atoms with van der Waals surface area (Å²) >= 11 is 0.983. The maximum atomic E-state index is 11.5. The highest BCUT2D eigenvalue weighted by atomic mass is 32.2. The van der Waals surface area contributed by atoms with E-state index in [1.54, 1.807) is 6.26 Å². The van der Waals surface area contributed by atoms with Crippen LogP contribution in [0.25, 0.3) is 0 Å². The largest absolute Gasteiger partial charge is 0.469 e. The van der Waals surface area contributed by atoms with E-state index >= 15 is 0 Å². The average molecular weight is 340 g/mol. The van der Waals surface area contributed by atoms with Gasteiger partial charge >= 0.3 is 11.3 Å². The van der Waals surface area contributed by atoms with Crippen LogP contribution < -0.4 is 0 Å². The van der Waals surface area contributed by atoms with Gasteiger partial charge in [0.25, 0.3) is 0 Å². The van der Waals surface area contributed by atoms with E-state index in [0.29, 0.717) is 6.42 Å². The zero-order valence-electron chi connectivity index (χ0n) is 13.1. The van der Waals surface area contributed by atoms with Crippen LogP contribution in [0.15, 0.2) is 30.3 Å². The van der Waals surface area contributed by atoms with E-state index in [1.807, 2.05) is 30.3 Å². The van der Waals surface area contributed by atoms with Crippen LogP contribution >= 0.6 is 11.8 Å². The molecule has 3 atom stereocenters. The maximum absolute atomic E-state index is 11.5. The lowest BCUT2D eigenvalue weighted by Crippen LogP contribution is -2.43. The van der Waals surface area contributed by atoms with E-state index < -0.39 is 23.8 Å². The van der Waals surface area contributed by atoms with Crippen molar-refractivity contribution < 1.29 is 28.5 Å². The van der Waals surface area contributed by atoms with Crippen LogP contribution in [0.4, 0.5) is 4.79 Å². The van der Waals surface area contributed by atoms with Gasteiger partial charge in [-0.05, 0) is 24.4 Å². The van der Waals surface area contributed by atoms with E-state index in [0.717, 1.165) is 17.3 Å². The number of hydrogen-bond acceptors (Lipinski definition) is 7. The van der Waals surface area contributed by atoms with Crippen molar-refractivity contribution in [1.29, 1.82) is 0 Å². The summed E-state index contributed by atoms with van der Waals surface area (Å²) < 4.78 is 21.5. The molecule has 6 nitrogen and oxygen atoms in total. The summed E-state index contributed by atoms with van der Waals surface area (Å²) in [6, 6.07) is 9.49. The van der Waals surface area contributed by atoms with Crippen molar-refractivity contribution in [1.82, 2.24) is 0 Å². The van der Waals surface area contributed by atoms with E-state index in [9.17, 15) is 9.59 Å². The molecule has 0 amide bonds. The standard InChI is InChI=1S/C16H20O6S/c1-19-14(17)9-8-12-13(22-16(18)23-2)10-20-15(21-12)11-6-4-3-5-7-11/h3-7,12-13,15H,8-10H2,1-2H3/t12-,13+,15+/m0/s1. The van der Waals surface area contributed by atoms with E-state index in [-0.39, 0.29) is 19.0 Å². The number of ether oxygens (including phenoxy) is 4. The number of esters is 1. The van der Waals surface area contributed by atoms with Crippen LogP contribution in [0.3, 0.4) is 0 Å². The third-order valence-electron chi connectivity index (χ3n) is 3.47. The zero-order valence-corrected chi connectivity index (χ0v) is 13.9. The van der Waals surface area contributed by atoms with Gasteiger partial charge in [-0.1, -0.05) is 30.3 Å². The van der Waals surface area contributed by atoms with Crippen LogP contribution in [0.5, 0.6) is 0 Å². The van der Waals surface area contributed by atoms with Crippen LogP contribution in [0, 0.1) is 0 Å². The summed E-state index contributed by atoms with van der Waals surface area (Å²) in [6.07, 6.45) is 0.719. The van der Waals surface area contributed by atoms with Crippen molar-refractivity contribution in [2.45, 2.75) is 31.3 Å². The fraction of sp³-hybridized carbons (Fsp3) is 0.500. The lowest BCUT2D eigenvalue weighted by Gasteiger charge is -2.36. The highest BCUT2D eigenvalue weighted by molar-refractivity contribution is 8.12. The van der Waals surface area contributed by atoms with Gasteiger partial charge < -0.3 is 18.9 Å². The molecule has 0 N–H and O–H groups in total. The smallest absolute Gasteiger partial charge is 0.367 e. The molecule has 0 spiro atoms. The molecule has 2 rings (SSSR count). The number of benzene rings is 1. The molecule has 0 unspecified atom stereocenters. The molecule has 1 aliphatic rings. The van der Waals surface area contributed by atoms with Gasteiger partial charge in [0, 0.05) is 12.0 Å². The molecule has 0 saturated carbocycles. The Morgan fingerprint density at radius 2 is 2.04 bits per heavy atom. The normalized spacial score (nSPS) is 24.0. The van der Waals surface area contributed by atoms with Crippen molar-refractivity contribution in [3.05, 3.63) is 35.9 Å². The quantitative estimate of drug-likeness (QED) is 0.763. The van der Waals surface area contributed by atoms with Crippen molar-refractivity contribution in [3.63, 3.8) is 0 Å². The summed E-state index contributed by atoms with van der Waals surface area (Å²) in [5.74, 6) is -0.328. The Hall–Kier alpha value is -1.57. The lowest BCUT2D eigenvalue weighted by molar-refractivity contribution is -0.256. The first-order valence-corrected chi connectivity index (χ1v) is 8.50. The number of carbonyl (C=O) groups is 2. The van der Waals surface area contributed by atoms with E-state index in [2.05, 4.69) is 4.74 Å². The molecule has 0 aliphatic carbocycles. The lowest BCUT2D eigenvalue weighted by atomic mass is 10.1. The first kappa shape index (κ1) is 17.8. The molecule has 0 aromatic heterocycles. The Bertz CT molecular complexity index is 521. The number of rotatable bonds is 5. The van der Waals surface area contributed by atoms with Gasteiger partial charge in [-0.25, -0.2) is 4.79 Å². The third-order valence-corrected chi connectivity index (χ3v) is 3.90. The molecule has 1 heterocycles. The van der Waals surface area contributed by atoms with Gasteiger partial charge in [0.15, 0.2) is 12.4 Å². The molecule has 1 saturated heterocycles. The summed E-state index contributed by atoms with van der Waals surface area (Å²) in [6.45, 7) is 0.220. The van der Waals surface area contributed by atoms with E-state index in [1.165, 1.54) is 7.11 Å². The average Bonchev–Trinajstić information content (AvgIpc) is 2.61. The second-order valence-corrected chi connectivity index (χ2v) is 5.72. The minimum absolute atomic E-state index is 0.190. The van der Waals surface area contributed by atoms with Gasteiger partial charge in [0.05, 0.1) is 13.7 Å². The first-order valence-electron chi connectivity index (χ1n) is 7.27. The highest BCUT2D eigenvalue weighted by Gasteiger charge is 2.35. The number of hydrogen-bond donors (Lipinski definition) is 0. The van der Waals surface area contributed by atoms with Crippen molar-refractivity contribution in [2.75, 3.05) is 20.0 Å². The number of thioether (sulfide) groups is 1. The topological polar surface area (TPSA) is 71.1 Å². The van der Waals surface area contributed by atoms with Crippen LogP contribution in [0.2, 0.25) is 0 Å². The Balaban J connectivity index is 2.03. The minimum Gasteiger partial charge on any atom is -0.469 e. The molecule has 1 aliphatic heterocycles. The maximum Gasteiger partial charge on any atom is 0.367 e. The van der Waals surface area contributed by atoms with Crippen molar-refractivity contribution >= 4 is 23.0 Å². The van der Waals surface area contributed by atoms with Crippen LogP contribution in [-0.2, 0) is 23.7 Å². The summed E-state index contributed by atoms with van der Waals surface area (Å²) in [5, 5.41) is -0.400. The molecular formula is C16H20O6S. The second-order valence-electron chi connectivity index (χ2n) is 4.98. The monoisotopic (exact) mass is 340 g/mol. The van der Waals surface area contributed by atoms with Crippen LogP contribution in [-0.4, -0.2) is 43.5 Å². The predicted octanol–water partition coefficient (Wildman–Crippen LogP) is 2.92. The molecule has 0 bridgehead atoms. The molecule has 7 heteroatoms. The van der Waals surface area contributed by atoms with Crippen molar-refractivity contribution in [3.8, 4) is 0 Å². The zero-order chi connectivity index (χ0) is 16.7. The Kier molecular flexibility index (Phi) is 6.88. The third kappa shape index (κ3) is 5.23. The highest BCUT2D eigenvalue weighted by Crippen LogP contribution is 2.30. The molecule has 1 fully saturated rings. The Labute approximate surface area is 139 Å². The van der Waals surface area contributed by atoms with Gasteiger partial charge in [-0.2, -0.15) is 0 Å². The Morgan fingerprint density at radius 1 is 1.30 bits per heavy atom. The Morgan fingerprint density at radius 3 is 2.70 bits per heavy atom. The predicted molar refractivity (Wildman–Crippen MR) is 85.0 cm³/mol. The van der Waals surface area contributed by atoms with Crippen molar-refractivity contribution in [2.24, 2.45) is 0 Å². The minimum atomic E-state index is -0.542. The molecule has 1 aromatic carbocycles. The fourth-order valence-electron chi connectivity index (χ4n) is 2.26. The number of methoxy groups -OCH3 is 1. The first-order chi connectivity index (χ1) is 11.1. The summed E-state index contributed by atoms with van der Waals surface area (Å²) in [5.41, 5.74) is 0.880. The van der Waals surface area contributed by atoms with Crippen LogP contribution in [0.1, 0.15) is 24.7 Å². The fourth-order valence-corrected chi connectivity index (χ4v) is 2.48. The second kappa shape index (κ2) is 8.90. The molecule has 1 aromatic rings. The molecule has 23 heavy (non-hydrogen) atoms. The van der Waals surface area contributed by atoms with Gasteiger partial charge in [0.1, 0.15) is 6.10 Å². The summed E-state index contributed by atoms with van der Waals surface area (Å²) in [4.78, 5) is 22.9. The van der Waals surface area contributed by atoms with Gasteiger partial charge in [0.2, 0.25) is 0 Å².